The number of fused-ring (bicyclic) bond motifs is 1. The largest absolute Gasteiger partial charge is 0.481 e. The van der Waals surface area contributed by atoms with E-state index < -0.39 is 103 Å². The van der Waals surface area contributed by atoms with Gasteiger partial charge < -0.3 is 51.6 Å². The molecule has 2 saturated heterocycles. The van der Waals surface area contributed by atoms with Gasteiger partial charge in [0.05, 0.1) is 12.8 Å². The molecule has 6 amide bonds. The number of H-pyrrole nitrogens is 1. The Labute approximate surface area is 372 Å². The fourth-order valence-electron chi connectivity index (χ4n) is 7.74. The van der Waals surface area contributed by atoms with Crippen LogP contribution in [0, 0.1) is 5.92 Å². The first-order valence-corrected chi connectivity index (χ1v) is 21.9. The minimum Gasteiger partial charge on any atom is -0.481 e. The van der Waals surface area contributed by atoms with Crippen LogP contribution in [-0.2, 0) is 44.8 Å². The number of aliphatic carboxylic acids is 2. The van der Waals surface area contributed by atoms with Crippen LogP contribution in [0.25, 0.3) is 10.9 Å². The van der Waals surface area contributed by atoms with Crippen LogP contribution in [0.2, 0.25) is 0 Å². The number of benzene rings is 2. The lowest BCUT2D eigenvalue weighted by molar-refractivity contribution is -0.144. The Morgan fingerprint density at radius 2 is 1.31 bits per heavy atom. The van der Waals surface area contributed by atoms with Gasteiger partial charge >= 0.3 is 11.9 Å². The summed E-state index contributed by atoms with van der Waals surface area (Å²) in [5.74, 6) is -8.32. The predicted octanol–water partition coefficient (Wildman–Crippen LogP) is 0.885. The zero-order valence-electron chi connectivity index (χ0n) is 35.4. The number of nitrogens with zero attached hydrogens (tertiary/aromatic N) is 2. The standard InChI is InChI=1S/C44H53N9O10S/c1-25(2)19-30-39(57)47-31(20-26-23-45-29-12-7-6-11-28(26)29)40(58)49-33(22-37(55)56)42(60)48-32(21-36(54)53-16-14-52(15-17-53)27-9-4-3-5-10-27)41(59)51-34(44(62)63)24-46-38(43(61)50-30)35-13-8-18-64-35/h3-13,18,23,25,30-34,38,45-46H,14-17,19-22,24H2,1-2H3,(H,47,57)(H,48,60)(H,49,58)(H,50,61)(H,51,59)(H,55,56)(H,62,63)/t30-,31+,32-,33+,34+,38+/m0/s1. The van der Waals surface area contributed by atoms with E-state index in [1.54, 1.807) is 29.8 Å². The topological polar surface area (TPSA) is 271 Å². The van der Waals surface area contributed by atoms with E-state index in [2.05, 4.69) is 41.8 Å². The summed E-state index contributed by atoms with van der Waals surface area (Å²) in [6.07, 6.45) is 0.0447. The van der Waals surface area contributed by atoms with Crippen LogP contribution < -0.4 is 36.8 Å². The molecule has 2 aliphatic rings. The van der Waals surface area contributed by atoms with Gasteiger partial charge in [-0.1, -0.05) is 56.3 Å². The molecule has 2 aromatic carbocycles. The lowest BCUT2D eigenvalue weighted by Gasteiger charge is -2.36. The molecule has 19 nitrogen and oxygen atoms in total. The van der Waals surface area contributed by atoms with Crippen molar-refractivity contribution >= 4 is 75.3 Å². The summed E-state index contributed by atoms with van der Waals surface area (Å²) < 4.78 is 0. The lowest BCUT2D eigenvalue weighted by atomic mass is 10.00. The fourth-order valence-corrected chi connectivity index (χ4v) is 8.54. The highest BCUT2D eigenvalue weighted by molar-refractivity contribution is 7.10. The Kier molecular flexibility index (Phi) is 15.7. The number of carboxylic acid groups (broad SMARTS) is 2. The average molecular weight is 900 g/mol. The van der Waals surface area contributed by atoms with Crippen LogP contribution in [0.3, 0.4) is 0 Å². The number of anilines is 1. The van der Waals surface area contributed by atoms with Gasteiger partial charge in [-0.25, -0.2) is 4.79 Å². The van der Waals surface area contributed by atoms with Gasteiger partial charge in [-0.05, 0) is 47.5 Å². The zero-order chi connectivity index (χ0) is 45.9. The summed E-state index contributed by atoms with van der Waals surface area (Å²) in [5, 5.41) is 38.3. The van der Waals surface area contributed by atoms with Crippen LogP contribution in [-0.4, -0.2) is 130 Å². The van der Waals surface area contributed by atoms with E-state index in [0.29, 0.717) is 23.5 Å². The molecule has 4 aromatic rings. The number of amides is 6. The van der Waals surface area contributed by atoms with Crippen LogP contribution in [0.1, 0.15) is 49.6 Å². The van der Waals surface area contributed by atoms with Crippen molar-refractivity contribution in [1.29, 1.82) is 0 Å². The molecule has 0 radical (unpaired) electrons. The van der Waals surface area contributed by atoms with Gasteiger partial charge in [-0.2, -0.15) is 0 Å². The molecule has 6 rings (SSSR count). The van der Waals surface area contributed by atoms with E-state index in [1.165, 1.54) is 16.2 Å². The van der Waals surface area contributed by atoms with Crippen LogP contribution in [0.5, 0.6) is 0 Å². The number of hydrogen-bond donors (Lipinski definition) is 9. The Morgan fingerprint density at radius 3 is 1.97 bits per heavy atom. The highest BCUT2D eigenvalue weighted by atomic mass is 32.1. The van der Waals surface area contributed by atoms with Crippen molar-refractivity contribution < 1.29 is 48.6 Å². The van der Waals surface area contributed by atoms with Crippen LogP contribution in [0.4, 0.5) is 5.69 Å². The molecule has 4 heterocycles. The van der Waals surface area contributed by atoms with Gasteiger partial charge in [0, 0.05) is 66.8 Å². The summed E-state index contributed by atoms with van der Waals surface area (Å²) in [7, 11) is 0. The maximum absolute atomic E-state index is 14.3. The van der Waals surface area contributed by atoms with Crippen LogP contribution >= 0.6 is 11.3 Å². The molecule has 0 aliphatic carbocycles. The molecule has 2 aromatic heterocycles. The first-order chi connectivity index (χ1) is 30.7. The first-order valence-electron chi connectivity index (χ1n) is 21.0. The van der Waals surface area contributed by atoms with E-state index in [9.17, 15) is 48.6 Å². The van der Waals surface area contributed by atoms with Gasteiger partial charge in [-0.3, -0.25) is 38.9 Å². The third-order valence-electron chi connectivity index (χ3n) is 11.1. The van der Waals surface area contributed by atoms with Crippen LogP contribution in [0.15, 0.2) is 78.3 Å². The molecule has 0 unspecified atom stereocenters. The first kappa shape index (κ1) is 46.7. The number of aromatic nitrogens is 1. The molecule has 64 heavy (non-hydrogen) atoms. The van der Waals surface area contributed by atoms with Crippen molar-refractivity contribution in [1.82, 2.24) is 41.8 Å². The zero-order valence-corrected chi connectivity index (χ0v) is 36.2. The van der Waals surface area contributed by atoms with Gasteiger partial charge in [0.2, 0.25) is 35.4 Å². The third kappa shape index (κ3) is 12.2. The molecule has 9 N–H and O–H groups in total. The Balaban J connectivity index is 1.34. The number of piperazine rings is 1. The normalized spacial score (nSPS) is 23.3. The Morgan fingerprint density at radius 1 is 0.703 bits per heavy atom. The summed E-state index contributed by atoms with van der Waals surface area (Å²) in [6.45, 7) is 4.61. The quantitative estimate of drug-likeness (QED) is 0.102. The average Bonchev–Trinajstić information content (AvgIpc) is 3.95. The number of carbonyl (C=O) groups is 8. The molecular formula is C44H53N9O10S. The number of carbonyl (C=O) groups excluding carboxylic acids is 6. The molecule has 0 saturated carbocycles. The van der Waals surface area contributed by atoms with Gasteiger partial charge in [0.25, 0.3) is 0 Å². The molecule has 0 spiro atoms. The lowest BCUT2D eigenvalue weighted by Crippen LogP contribution is -2.61. The Bertz CT molecular complexity index is 2310. The molecule has 340 valence electrons. The second-order valence-electron chi connectivity index (χ2n) is 16.2. The van der Waals surface area contributed by atoms with Crippen molar-refractivity contribution in [3.05, 3.63) is 88.7 Å². The highest BCUT2D eigenvalue weighted by Gasteiger charge is 2.37. The van der Waals surface area contributed by atoms with E-state index in [-0.39, 0.29) is 31.8 Å². The number of para-hydroxylation sites is 2. The molecule has 2 fully saturated rings. The van der Waals surface area contributed by atoms with Crippen molar-refractivity contribution in [3.63, 3.8) is 0 Å². The van der Waals surface area contributed by atoms with E-state index in [0.717, 1.165) is 16.6 Å². The molecule has 20 heteroatoms. The molecule has 2 aliphatic heterocycles. The molecule has 0 bridgehead atoms. The van der Waals surface area contributed by atoms with E-state index in [1.807, 2.05) is 62.4 Å². The smallest absolute Gasteiger partial charge is 0.327 e. The number of rotatable bonds is 11. The SMILES string of the molecule is CC(C)C[C@@H]1NC(=O)[C@@H](c2cccs2)NC[C@H](C(=O)O)NC(=O)[C@H](CC(=O)N2CCN(c3ccccc3)CC2)NC(=O)[C@@H](CC(=O)O)NC(=O)[C@@H](Cc2c[nH]c3ccccc23)NC1=O. The number of nitrogens with one attached hydrogen (secondary N) is 7. The number of aromatic amines is 1. The summed E-state index contributed by atoms with van der Waals surface area (Å²) in [4.78, 5) is 117. The van der Waals surface area contributed by atoms with Gasteiger partial charge in [-0.15, -0.1) is 11.3 Å². The predicted molar refractivity (Wildman–Crippen MR) is 236 cm³/mol. The maximum Gasteiger partial charge on any atom is 0.327 e. The number of hydrogen-bond acceptors (Lipinski definition) is 11. The minimum absolute atomic E-state index is 0.122. The number of carboxylic acids is 2. The van der Waals surface area contributed by atoms with Gasteiger partial charge in [0.1, 0.15) is 36.3 Å². The van der Waals surface area contributed by atoms with Crippen molar-refractivity contribution in [2.24, 2.45) is 5.92 Å². The maximum atomic E-state index is 14.3. The van der Waals surface area contributed by atoms with E-state index in [4.69, 9.17) is 0 Å². The summed E-state index contributed by atoms with van der Waals surface area (Å²) in [5.41, 5.74) is 2.31. The summed E-state index contributed by atoms with van der Waals surface area (Å²) >= 11 is 1.19. The number of thiophene rings is 1. The Hall–Kier alpha value is -6.80. The second-order valence-corrected chi connectivity index (χ2v) is 17.2. The third-order valence-corrected chi connectivity index (χ3v) is 12.0. The minimum atomic E-state index is -1.83. The van der Waals surface area contributed by atoms with Crippen molar-refractivity contribution in [2.75, 3.05) is 37.6 Å². The highest BCUT2D eigenvalue weighted by Crippen LogP contribution is 2.22. The molecular weight excluding hydrogens is 847 g/mol. The van der Waals surface area contributed by atoms with E-state index >= 15 is 0 Å². The summed E-state index contributed by atoms with van der Waals surface area (Å²) in [6, 6.07) is 11.0. The fraction of sp³-hybridized carbons (Fsp3) is 0.409. The van der Waals surface area contributed by atoms with Gasteiger partial charge in [0.15, 0.2) is 0 Å². The molecule has 6 atom stereocenters. The second kappa shape index (κ2) is 21.5. The van der Waals surface area contributed by atoms with Crippen molar-refractivity contribution in [3.8, 4) is 0 Å². The monoisotopic (exact) mass is 899 g/mol. The van der Waals surface area contributed by atoms with Crippen molar-refractivity contribution in [2.45, 2.75) is 75.8 Å².